The van der Waals surface area contributed by atoms with Gasteiger partial charge in [0.15, 0.2) is 0 Å². The monoisotopic (exact) mass is 296 g/mol. The first kappa shape index (κ1) is 12.4. The summed E-state index contributed by atoms with van der Waals surface area (Å²) in [5.41, 5.74) is 2.17. The zero-order valence-electron chi connectivity index (χ0n) is 10.4. The van der Waals surface area contributed by atoms with Crippen LogP contribution in [-0.4, -0.2) is 16.7 Å². The van der Waals surface area contributed by atoms with E-state index >= 15 is 0 Å². The summed E-state index contributed by atoms with van der Waals surface area (Å²) >= 11 is 3.60. The summed E-state index contributed by atoms with van der Waals surface area (Å²) in [6.07, 6.45) is 1.10. The molecule has 4 heteroatoms. The maximum Gasteiger partial charge on any atom is 0.123 e. The molecule has 0 radical (unpaired) electrons. The number of alkyl halides is 1. The van der Waals surface area contributed by atoms with Crippen molar-refractivity contribution in [3.05, 3.63) is 24.0 Å². The zero-order chi connectivity index (χ0) is 12.4. The minimum atomic E-state index is 0.257. The highest BCUT2D eigenvalue weighted by Crippen LogP contribution is 2.28. The molecule has 0 aliphatic carbocycles. The molecule has 1 unspecified atom stereocenters. The second kappa shape index (κ2) is 5.08. The van der Waals surface area contributed by atoms with Crippen LogP contribution in [0.3, 0.4) is 0 Å². The second-order valence-corrected chi connectivity index (χ2v) is 5.47. The number of imidazole rings is 1. The minimum absolute atomic E-state index is 0.257. The Balaban J connectivity index is 2.61. The number of halogens is 1. The van der Waals surface area contributed by atoms with E-state index in [-0.39, 0.29) is 4.83 Å². The number of aryl methyl sites for hydroxylation is 1. The molecule has 0 saturated heterocycles. The number of benzene rings is 1. The molecule has 0 bridgehead atoms. The molecule has 92 valence electrons. The molecule has 1 heterocycles. The maximum atomic E-state index is 5.23. The first-order chi connectivity index (χ1) is 8.17. The summed E-state index contributed by atoms with van der Waals surface area (Å²) in [7, 11) is 1.68. The van der Waals surface area contributed by atoms with Crippen molar-refractivity contribution in [1.29, 1.82) is 0 Å². The van der Waals surface area contributed by atoms with E-state index in [0.717, 1.165) is 30.1 Å². The molecule has 0 aliphatic rings. The van der Waals surface area contributed by atoms with Gasteiger partial charge in [0, 0.05) is 12.6 Å². The fourth-order valence-electron chi connectivity index (χ4n) is 2.02. The highest BCUT2D eigenvalue weighted by Gasteiger charge is 2.14. The van der Waals surface area contributed by atoms with Crippen LogP contribution in [0.1, 0.15) is 30.9 Å². The molecular weight excluding hydrogens is 280 g/mol. The van der Waals surface area contributed by atoms with Gasteiger partial charge in [-0.3, -0.25) is 0 Å². The van der Waals surface area contributed by atoms with Gasteiger partial charge in [-0.25, -0.2) is 4.98 Å². The normalized spacial score (nSPS) is 12.9. The van der Waals surface area contributed by atoms with Crippen LogP contribution in [0.4, 0.5) is 0 Å². The predicted molar refractivity (Wildman–Crippen MR) is 73.9 cm³/mol. The molecule has 0 aliphatic heterocycles. The minimum Gasteiger partial charge on any atom is -0.497 e. The summed E-state index contributed by atoms with van der Waals surface area (Å²) in [5, 5.41) is 0. The quantitative estimate of drug-likeness (QED) is 0.800. The smallest absolute Gasteiger partial charge is 0.123 e. The van der Waals surface area contributed by atoms with Gasteiger partial charge in [0.05, 0.1) is 23.0 Å². The summed E-state index contributed by atoms with van der Waals surface area (Å²) in [6, 6.07) is 6.05. The molecule has 0 fully saturated rings. The van der Waals surface area contributed by atoms with Crippen molar-refractivity contribution in [3.8, 4) is 5.75 Å². The lowest BCUT2D eigenvalue weighted by atomic mass is 10.3. The van der Waals surface area contributed by atoms with Gasteiger partial charge in [-0.1, -0.05) is 22.9 Å². The molecule has 1 aromatic carbocycles. The van der Waals surface area contributed by atoms with Crippen molar-refractivity contribution in [1.82, 2.24) is 9.55 Å². The van der Waals surface area contributed by atoms with E-state index in [4.69, 9.17) is 4.74 Å². The number of fused-ring (bicyclic) bond motifs is 1. The van der Waals surface area contributed by atoms with E-state index in [1.165, 1.54) is 5.52 Å². The Morgan fingerprint density at radius 1 is 1.47 bits per heavy atom. The number of ether oxygens (including phenoxy) is 1. The summed E-state index contributed by atoms with van der Waals surface area (Å²) in [6.45, 7) is 5.27. The van der Waals surface area contributed by atoms with E-state index < -0.39 is 0 Å². The van der Waals surface area contributed by atoms with Gasteiger partial charge in [0.25, 0.3) is 0 Å². The molecule has 0 spiro atoms. The number of hydrogen-bond donors (Lipinski definition) is 0. The van der Waals surface area contributed by atoms with Crippen molar-refractivity contribution in [2.24, 2.45) is 0 Å². The summed E-state index contributed by atoms with van der Waals surface area (Å²) < 4.78 is 7.50. The standard InChI is InChI=1S/C13H17BrN2O/c1-4-7-16-12-6-5-10(17-3)8-11(12)15-13(16)9(2)14/h5-6,8-9H,4,7H2,1-3H3. The average molecular weight is 297 g/mol. The van der Waals surface area contributed by atoms with Crippen LogP contribution in [0.5, 0.6) is 5.75 Å². The van der Waals surface area contributed by atoms with E-state index in [1.807, 2.05) is 12.1 Å². The molecule has 1 atom stereocenters. The van der Waals surface area contributed by atoms with Crippen LogP contribution >= 0.6 is 15.9 Å². The molecular formula is C13H17BrN2O. The number of nitrogens with zero attached hydrogens (tertiary/aromatic N) is 2. The Hall–Kier alpha value is -1.03. The van der Waals surface area contributed by atoms with Crippen LogP contribution in [0, 0.1) is 0 Å². The molecule has 2 rings (SSSR count). The first-order valence-corrected chi connectivity index (χ1v) is 6.77. The molecule has 17 heavy (non-hydrogen) atoms. The Morgan fingerprint density at radius 2 is 2.24 bits per heavy atom. The average Bonchev–Trinajstić information content (AvgIpc) is 2.68. The van der Waals surface area contributed by atoms with Gasteiger partial charge in [-0.15, -0.1) is 0 Å². The van der Waals surface area contributed by atoms with E-state index in [2.05, 4.69) is 45.4 Å². The summed E-state index contributed by atoms with van der Waals surface area (Å²) in [4.78, 5) is 4.93. The van der Waals surface area contributed by atoms with Gasteiger partial charge >= 0.3 is 0 Å². The van der Waals surface area contributed by atoms with Gasteiger partial charge in [0.1, 0.15) is 11.6 Å². The van der Waals surface area contributed by atoms with Crippen LogP contribution in [0.15, 0.2) is 18.2 Å². The third-order valence-electron chi connectivity index (χ3n) is 2.79. The van der Waals surface area contributed by atoms with Crippen LogP contribution in [0.2, 0.25) is 0 Å². The Bertz CT molecular complexity index is 519. The molecule has 0 saturated carbocycles. The SMILES string of the molecule is CCCn1c(C(C)Br)nc2cc(OC)ccc21. The third-order valence-corrected chi connectivity index (χ3v) is 3.20. The highest BCUT2D eigenvalue weighted by atomic mass is 79.9. The molecule has 0 N–H and O–H groups in total. The number of methoxy groups -OCH3 is 1. The lowest BCUT2D eigenvalue weighted by molar-refractivity contribution is 0.415. The number of hydrogen-bond acceptors (Lipinski definition) is 2. The molecule has 3 nitrogen and oxygen atoms in total. The van der Waals surface area contributed by atoms with Crippen molar-refractivity contribution in [3.63, 3.8) is 0 Å². The third kappa shape index (κ3) is 2.32. The van der Waals surface area contributed by atoms with Gasteiger partial charge in [-0.2, -0.15) is 0 Å². The molecule has 0 amide bonds. The highest BCUT2D eigenvalue weighted by molar-refractivity contribution is 9.09. The van der Waals surface area contributed by atoms with Crippen molar-refractivity contribution < 1.29 is 4.74 Å². The van der Waals surface area contributed by atoms with E-state index in [1.54, 1.807) is 7.11 Å². The first-order valence-electron chi connectivity index (χ1n) is 5.85. The Kier molecular flexibility index (Phi) is 3.72. The van der Waals surface area contributed by atoms with Gasteiger partial charge < -0.3 is 9.30 Å². The van der Waals surface area contributed by atoms with Crippen LogP contribution in [-0.2, 0) is 6.54 Å². The topological polar surface area (TPSA) is 27.1 Å². The summed E-state index contributed by atoms with van der Waals surface area (Å²) in [5.74, 6) is 1.93. The van der Waals surface area contributed by atoms with Crippen LogP contribution < -0.4 is 4.74 Å². The number of aromatic nitrogens is 2. The molecule has 2 aromatic rings. The largest absolute Gasteiger partial charge is 0.497 e. The fraction of sp³-hybridized carbons (Fsp3) is 0.462. The second-order valence-electron chi connectivity index (χ2n) is 4.09. The van der Waals surface area contributed by atoms with E-state index in [0.29, 0.717) is 0 Å². The van der Waals surface area contributed by atoms with Crippen LogP contribution in [0.25, 0.3) is 11.0 Å². The van der Waals surface area contributed by atoms with Gasteiger partial charge in [-0.05, 0) is 25.5 Å². The molecule has 1 aromatic heterocycles. The fourth-order valence-corrected chi connectivity index (χ4v) is 2.37. The van der Waals surface area contributed by atoms with Gasteiger partial charge in [0.2, 0.25) is 0 Å². The Labute approximate surface area is 110 Å². The van der Waals surface area contributed by atoms with Crippen molar-refractivity contribution in [2.75, 3.05) is 7.11 Å². The van der Waals surface area contributed by atoms with Crippen molar-refractivity contribution >= 4 is 27.0 Å². The number of rotatable bonds is 4. The lowest BCUT2D eigenvalue weighted by Crippen LogP contribution is -2.03. The van der Waals surface area contributed by atoms with Crippen molar-refractivity contribution in [2.45, 2.75) is 31.6 Å². The predicted octanol–water partition coefficient (Wildman–Crippen LogP) is 3.91. The lowest BCUT2D eigenvalue weighted by Gasteiger charge is -2.09. The zero-order valence-corrected chi connectivity index (χ0v) is 12.0. The maximum absolute atomic E-state index is 5.23. The van der Waals surface area contributed by atoms with E-state index in [9.17, 15) is 0 Å². The Morgan fingerprint density at radius 3 is 2.82 bits per heavy atom.